The SMILES string of the molecule is Cc1c2c(cn1C)CN=C(c1ccccc1Cl)c1cc(Cl)ccc1-2. The van der Waals surface area contributed by atoms with E-state index in [9.17, 15) is 0 Å². The van der Waals surface area contributed by atoms with Crippen molar-refractivity contribution in [2.75, 3.05) is 0 Å². The highest BCUT2D eigenvalue weighted by Gasteiger charge is 2.23. The maximum atomic E-state index is 6.44. The van der Waals surface area contributed by atoms with Crippen LogP contribution < -0.4 is 0 Å². The number of benzene rings is 2. The summed E-state index contributed by atoms with van der Waals surface area (Å²) in [6.45, 7) is 2.77. The zero-order valence-corrected chi connectivity index (χ0v) is 15.0. The van der Waals surface area contributed by atoms with Gasteiger partial charge in [0.25, 0.3) is 0 Å². The fourth-order valence-electron chi connectivity index (χ4n) is 3.35. The van der Waals surface area contributed by atoms with E-state index in [0.717, 1.165) is 22.4 Å². The minimum Gasteiger partial charge on any atom is -0.354 e. The van der Waals surface area contributed by atoms with Gasteiger partial charge in [-0.05, 0) is 36.2 Å². The Morgan fingerprint density at radius 2 is 1.79 bits per heavy atom. The van der Waals surface area contributed by atoms with Crippen molar-refractivity contribution in [3.8, 4) is 11.1 Å². The van der Waals surface area contributed by atoms with E-state index in [0.29, 0.717) is 16.6 Å². The lowest BCUT2D eigenvalue weighted by atomic mass is 9.93. The van der Waals surface area contributed by atoms with Crippen molar-refractivity contribution in [1.29, 1.82) is 0 Å². The molecule has 0 N–H and O–H groups in total. The van der Waals surface area contributed by atoms with Crippen LogP contribution in [0.1, 0.15) is 22.4 Å². The number of rotatable bonds is 1. The lowest BCUT2D eigenvalue weighted by Gasteiger charge is -2.13. The number of fused-ring (bicyclic) bond motifs is 3. The van der Waals surface area contributed by atoms with E-state index < -0.39 is 0 Å². The minimum atomic E-state index is 0.629. The molecule has 0 spiro atoms. The van der Waals surface area contributed by atoms with Gasteiger partial charge in [-0.3, -0.25) is 4.99 Å². The van der Waals surface area contributed by atoms with Crippen molar-refractivity contribution >= 4 is 28.9 Å². The van der Waals surface area contributed by atoms with Gasteiger partial charge in [-0.25, -0.2) is 0 Å². The molecule has 0 saturated heterocycles. The van der Waals surface area contributed by atoms with Crippen molar-refractivity contribution in [3.05, 3.63) is 81.1 Å². The van der Waals surface area contributed by atoms with Gasteiger partial charge in [0.15, 0.2) is 0 Å². The number of aromatic nitrogens is 1. The van der Waals surface area contributed by atoms with E-state index in [1.807, 2.05) is 36.4 Å². The summed E-state index contributed by atoms with van der Waals surface area (Å²) in [5, 5.41) is 1.40. The summed E-state index contributed by atoms with van der Waals surface area (Å²) in [4.78, 5) is 4.89. The summed E-state index contributed by atoms with van der Waals surface area (Å²) < 4.78 is 2.15. The standard InChI is InChI=1S/C20H16Cl2N2/c1-12-19-13(11-24(12)2)10-23-20(16-5-3-4-6-18(16)22)17-9-14(21)7-8-15(17)19/h3-9,11H,10H2,1-2H3. The van der Waals surface area contributed by atoms with Crippen molar-refractivity contribution in [3.63, 3.8) is 0 Å². The Balaban J connectivity index is 2.03. The fourth-order valence-corrected chi connectivity index (χ4v) is 3.75. The average Bonchev–Trinajstić information content (AvgIpc) is 2.75. The van der Waals surface area contributed by atoms with Crippen LogP contribution in [0.5, 0.6) is 0 Å². The molecule has 0 radical (unpaired) electrons. The molecule has 0 unspecified atom stereocenters. The first-order valence-electron chi connectivity index (χ1n) is 7.80. The zero-order valence-electron chi connectivity index (χ0n) is 13.5. The molecule has 3 aromatic rings. The first-order valence-corrected chi connectivity index (χ1v) is 8.56. The van der Waals surface area contributed by atoms with Gasteiger partial charge in [0.1, 0.15) is 0 Å². The highest BCUT2D eigenvalue weighted by atomic mass is 35.5. The van der Waals surface area contributed by atoms with Gasteiger partial charge < -0.3 is 4.57 Å². The van der Waals surface area contributed by atoms with Gasteiger partial charge in [0.05, 0.1) is 12.3 Å². The number of aryl methyl sites for hydroxylation is 1. The van der Waals surface area contributed by atoms with Crippen LogP contribution in [0.15, 0.2) is 53.7 Å². The van der Waals surface area contributed by atoms with Crippen LogP contribution in [0.2, 0.25) is 10.0 Å². The first kappa shape index (κ1) is 15.5. The number of hydrogen-bond acceptors (Lipinski definition) is 1. The number of aliphatic imine (C=N–C) groups is 1. The maximum Gasteiger partial charge on any atom is 0.0744 e. The van der Waals surface area contributed by atoms with Crippen LogP contribution in [0, 0.1) is 6.92 Å². The van der Waals surface area contributed by atoms with E-state index >= 15 is 0 Å². The monoisotopic (exact) mass is 354 g/mol. The second kappa shape index (κ2) is 5.80. The first-order chi connectivity index (χ1) is 11.6. The molecule has 1 aliphatic rings. The molecule has 0 aliphatic carbocycles. The van der Waals surface area contributed by atoms with Crippen LogP contribution in [-0.2, 0) is 13.6 Å². The number of halogens is 2. The Kier molecular flexibility index (Phi) is 3.75. The molecule has 1 aliphatic heterocycles. The fraction of sp³-hybridized carbons (Fsp3) is 0.150. The number of nitrogens with zero attached hydrogens (tertiary/aromatic N) is 2. The Labute approximate surface area is 151 Å². The van der Waals surface area contributed by atoms with E-state index in [1.165, 1.54) is 16.8 Å². The van der Waals surface area contributed by atoms with Gasteiger partial charge in [-0.2, -0.15) is 0 Å². The molecule has 0 atom stereocenters. The second-order valence-electron chi connectivity index (χ2n) is 6.06. The summed E-state index contributed by atoms with van der Waals surface area (Å²) in [5.74, 6) is 0. The van der Waals surface area contributed by atoms with Gasteiger partial charge in [0.2, 0.25) is 0 Å². The third kappa shape index (κ3) is 2.38. The van der Waals surface area contributed by atoms with Crippen LogP contribution in [0.3, 0.4) is 0 Å². The van der Waals surface area contributed by atoms with Crippen LogP contribution >= 0.6 is 23.2 Å². The van der Waals surface area contributed by atoms with E-state index in [2.05, 4.69) is 30.8 Å². The largest absolute Gasteiger partial charge is 0.354 e. The molecule has 2 aromatic carbocycles. The molecule has 0 amide bonds. The molecule has 4 heteroatoms. The maximum absolute atomic E-state index is 6.44. The third-order valence-corrected chi connectivity index (χ3v) is 5.17. The van der Waals surface area contributed by atoms with Crippen molar-refractivity contribution in [2.45, 2.75) is 13.5 Å². The molecule has 2 nitrogen and oxygen atoms in total. The van der Waals surface area contributed by atoms with Crippen molar-refractivity contribution in [2.24, 2.45) is 12.0 Å². The molecule has 2 heterocycles. The molecule has 0 bridgehead atoms. The predicted octanol–water partition coefficient (Wildman–Crippen LogP) is 5.66. The number of hydrogen-bond donors (Lipinski definition) is 0. The van der Waals surface area contributed by atoms with Crippen LogP contribution in [-0.4, -0.2) is 10.3 Å². The quantitative estimate of drug-likeness (QED) is 0.536. The predicted molar refractivity (Wildman–Crippen MR) is 101 cm³/mol. The molecular formula is C20H16Cl2N2. The molecule has 24 heavy (non-hydrogen) atoms. The topological polar surface area (TPSA) is 17.3 Å². The summed E-state index contributed by atoms with van der Waals surface area (Å²) in [6, 6.07) is 13.8. The molecule has 0 fully saturated rings. The Bertz CT molecular complexity index is 983. The van der Waals surface area contributed by atoms with E-state index in [1.54, 1.807) is 0 Å². The van der Waals surface area contributed by atoms with E-state index in [4.69, 9.17) is 28.2 Å². The van der Waals surface area contributed by atoms with Gasteiger partial charge in [0, 0.05) is 45.7 Å². The van der Waals surface area contributed by atoms with Crippen LogP contribution in [0.4, 0.5) is 0 Å². The summed E-state index contributed by atoms with van der Waals surface area (Å²) in [7, 11) is 2.07. The van der Waals surface area contributed by atoms with Crippen LogP contribution in [0.25, 0.3) is 11.1 Å². The van der Waals surface area contributed by atoms with E-state index in [-0.39, 0.29) is 0 Å². The summed E-state index contributed by atoms with van der Waals surface area (Å²) in [5.41, 5.74) is 7.72. The molecule has 1 aromatic heterocycles. The lowest BCUT2D eigenvalue weighted by molar-refractivity contribution is 0.877. The molecule has 4 rings (SSSR count). The molecular weight excluding hydrogens is 339 g/mol. The van der Waals surface area contributed by atoms with Gasteiger partial charge in [-0.15, -0.1) is 0 Å². The normalized spacial score (nSPS) is 13.1. The smallest absolute Gasteiger partial charge is 0.0744 e. The summed E-state index contributed by atoms with van der Waals surface area (Å²) >= 11 is 12.7. The van der Waals surface area contributed by atoms with Gasteiger partial charge in [-0.1, -0.05) is 47.5 Å². The Hall–Kier alpha value is -2.03. The average molecular weight is 355 g/mol. The summed E-state index contributed by atoms with van der Waals surface area (Å²) in [6.07, 6.45) is 2.15. The molecule has 0 saturated carbocycles. The second-order valence-corrected chi connectivity index (χ2v) is 6.90. The minimum absolute atomic E-state index is 0.629. The Morgan fingerprint density at radius 1 is 1.00 bits per heavy atom. The highest BCUT2D eigenvalue weighted by molar-refractivity contribution is 6.36. The highest BCUT2D eigenvalue weighted by Crippen LogP contribution is 2.37. The zero-order chi connectivity index (χ0) is 16.8. The van der Waals surface area contributed by atoms with Gasteiger partial charge >= 0.3 is 0 Å². The molecule has 120 valence electrons. The third-order valence-electron chi connectivity index (χ3n) is 4.60. The lowest BCUT2D eigenvalue weighted by Crippen LogP contribution is -2.06. The van der Waals surface area contributed by atoms with Crippen molar-refractivity contribution in [1.82, 2.24) is 4.57 Å². The van der Waals surface area contributed by atoms with Crippen molar-refractivity contribution < 1.29 is 0 Å². The Morgan fingerprint density at radius 3 is 2.58 bits per heavy atom.